The lowest BCUT2D eigenvalue weighted by Crippen LogP contribution is -2.30. The molecule has 12 heteroatoms. The molecule has 0 saturated carbocycles. The Morgan fingerprint density at radius 1 is 1.21 bits per heavy atom. The van der Waals surface area contributed by atoms with Crippen LogP contribution < -0.4 is 10.9 Å². The molecule has 0 atom stereocenters. The third-order valence-corrected chi connectivity index (χ3v) is 3.70. The Kier molecular flexibility index (Phi) is 5.36. The van der Waals surface area contributed by atoms with E-state index in [2.05, 4.69) is 15.4 Å². The van der Waals surface area contributed by atoms with Gasteiger partial charge in [-0.2, -0.15) is 18.3 Å². The van der Waals surface area contributed by atoms with Crippen molar-refractivity contribution in [2.24, 2.45) is 0 Å². The SMILES string of the molecule is O=C(Cn1ncc(Cl)c(Cl)c1=O)Nc1ncc(C(F)(F)F)cc1Cl. The van der Waals surface area contributed by atoms with E-state index in [1.54, 1.807) is 0 Å². The van der Waals surface area contributed by atoms with E-state index in [1.807, 2.05) is 0 Å². The van der Waals surface area contributed by atoms with Gasteiger partial charge in [0, 0.05) is 6.20 Å². The average molecular weight is 402 g/mol. The Balaban J connectivity index is 2.16. The molecule has 0 bridgehead atoms. The topological polar surface area (TPSA) is 76.9 Å². The molecule has 6 nitrogen and oxygen atoms in total. The normalized spacial score (nSPS) is 11.4. The molecule has 2 aromatic rings. The van der Waals surface area contributed by atoms with Crippen molar-refractivity contribution < 1.29 is 18.0 Å². The van der Waals surface area contributed by atoms with Gasteiger partial charge in [-0.15, -0.1) is 0 Å². The molecule has 0 spiro atoms. The number of halogens is 6. The number of hydrogen-bond donors (Lipinski definition) is 1. The number of anilines is 1. The number of pyridine rings is 1. The molecule has 0 radical (unpaired) electrons. The first kappa shape index (κ1) is 18.5. The van der Waals surface area contributed by atoms with Gasteiger partial charge < -0.3 is 5.32 Å². The van der Waals surface area contributed by atoms with E-state index < -0.39 is 34.8 Å². The Bertz CT molecular complexity index is 854. The van der Waals surface area contributed by atoms with Crippen LogP contribution >= 0.6 is 34.8 Å². The monoisotopic (exact) mass is 400 g/mol. The Morgan fingerprint density at radius 2 is 1.88 bits per heavy atom. The summed E-state index contributed by atoms with van der Waals surface area (Å²) in [5, 5.41) is 4.99. The number of nitrogens with one attached hydrogen (secondary N) is 1. The Hall–Kier alpha value is -1.84. The maximum atomic E-state index is 12.5. The predicted molar refractivity (Wildman–Crippen MR) is 81.4 cm³/mol. The lowest BCUT2D eigenvalue weighted by molar-refractivity contribution is -0.137. The molecule has 0 aliphatic carbocycles. The van der Waals surface area contributed by atoms with Crippen LogP contribution in [0.2, 0.25) is 15.1 Å². The molecule has 1 amide bonds. The van der Waals surface area contributed by atoms with Crippen molar-refractivity contribution in [1.29, 1.82) is 0 Å². The summed E-state index contributed by atoms with van der Waals surface area (Å²) < 4.78 is 38.3. The predicted octanol–water partition coefficient (Wildman–Crippen LogP) is 3.26. The quantitative estimate of drug-likeness (QED) is 0.856. The number of amides is 1. The van der Waals surface area contributed by atoms with Crippen molar-refractivity contribution in [3.05, 3.63) is 49.4 Å². The van der Waals surface area contributed by atoms with Crippen LogP contribution in [0.3, 0.4) is 0 Å². The van der Waals surface area contributed by atoms with Gasteiger partial charge in [-0.1, -0.05) is 34.8 Å². The van der Waals surface area contributed by atoms with Gasteiger partial charge in [-0.05, 0) is 6.07 Å². The molecule has 0 unspecified atom stereocenters. The van der Waals surface area contributed by atoms with E-state index in [9.17, 15) is 22.8 Å². The van der Waals surface area contributed by atoms with E-state index in [4.69, 9.17) is 34.8 Å². The number of hydrogen-bond acceptors (Lipinski definition) is 4. The minimum Gasteiger partial charge on any atom is -0.308 e. The maximum Gasteiger partial charge on any atom is 0.417 e. The van der Waals surface area contributed by atoms with Gasteiger partial charge in [-0.3, -0.25) is 9.59 Å². The van der Waals surface area contributed by atoms with Crippen LogP contribution in [-0.4, -0.2) is 20.7 Å². The summed E-state index contributed by atoms with van der Waals surface area (Å²) in [6.45, 7) is -0.561. The summed E-state index contributed by atoms with van der Waals surface area (Å²) in [5.41, 5.74) is -1.86. The summed E-state index contributed by atoms with van der Waals surface area (Å²) >= 11 is 16.9. The summed E-state index contributed by atoms with van der Waals surface area (Å²) in [6, 6.07) is 0.619. The molecule has 2 heterocycles. The summed E-state index contributed by atoms with van der Waals surface area (Å²) in [6.07, 6.45) is -3.02. The second-order valence-electron chi connectivity index (χ2n) is 4.37. The number of nitrogens with zero attached hydrogens (tertiary/aromatic N) is 3. The van der Waals surface area contributed by atoms with E-state index >= 15 is 0 Å². The van der Waals surface area contributed by atoms with Gasteiger partial charge in [0.1, 0.15) is 11.6 Å². The fourth-order valence-corrected chi connectivity index (χ4v) is 2.03. The Labute approximate surface area is 147 Å². The van der Waals surface area contributed by atoms with Crippen molar-refractivity contribution in [3.8, 4) is 0 Å². The number of rotatable bonds is 3. The molecule has 128 valence electrons. The number of carbonyl (C=O) groups excluding carboxylic acids is 1. The van der Waals surface area contributed by atoms with Crippen LogP contribution in [-0.2, 0) is 17.5 Å². The summed E-state index contributed by atoms with van der Waals surface area (Å²) in [5.74, 6) is -1.08. The highest BCUT2D eigenvalue weighted by molar-refractivity contribution is 6.41. The van der Waals surface area contributed by atoms with E-state index in [0.29, 0.717) is 12.3 Å². The van der Waals surface area contributed by atoms with Gasteiger partial charge in [-0.25, -0.2) is 9.67 Å². The average Bonchev–Trinajstić information content (AvgIpc) is 2.49. The number of carbonyl (C=O) groups is 1. The third kappa shape index (κ3) is 4.16. The van der Waals surface area contributed by atoms with Crippen molar-refractivity contribution in [2.45, 2.75) is 12.7 Å². The molecule has 24 heavy (non-hydrogen) atoms. The molecule has 2 rings (SSSR count). The van der Waals surface area contributed by atoms with Crippen LogP contribution in [0.1, 0.15) is 5.56 Å². The summed E-state index contributed by atoms with van der Waals surface area (Å²) in [4.78, 5) is 27.0. The zero-order valence-electron chi connectivity index (χ0n) is 11.4. The van der Waals surface area contributed by atoms with Crippen LogP contribution in [0.5, 0.6) is 0 Å². The van der Waals surface area contributed by atoms with Gasteiger partial charge in [0.05, 0.1) is 21.8 Å². The molecule has 0 saturated heterocycles. The zero-order chi connectivity index (χ0) is 18.1. The first-order valence-corrected chi connectivity index (χ1v) is 7.16. The highest BCUT2D eigenvalue weighted by atomic mass is 35.5. The molecular weight excluding hydrogens is 396 g/mol. The number of aromatic nitrogens is 3. The third-order valence-electron chi connectivity index (χ3n) is 2.66. The van der Waals surface area contributed by atoms with Crippen LogP contribution in [0, 0.1) is 0 Å². The van der Waals surface area contributed by atoms with E-state index in [1.165, 1.54) is 0 Å². The first-order valence-electron chi connectivity index (χ1n) is 6.03. The molecule has 0 aromatic carbocycles. The minimum atomic E-state index is -4.61. The Morgan fingerprint density at radius 3 is 2.46 bits per heavy atom. The minimum absolute atomic E-state index is 0.0780. The number of alkyl halides is 3. The van der Waals surface area contributed by atoms with Crippen LogP contribution in [0.4, 0.5) is 19.0 Å². The largest absolute Gasteiger partial charge is 0.417 e. The highest BCUT2D eigenvalue weighted by Gasteiger charge is 2.31. The van der Waals surface area contributed by atoms with Gasteiger partial charge in [0.15, 0.2) is 5.82 Å². The molecular formula is C12H6Cl3F3N4O2. The summed E-state index contributed by atoms with van der Waals surface area (Å²) in [7, 11) is 0. The molecule has 0 fully saturated rings. The van der Waals surface area contributed by atoms with Crippen LogP contribution in [0.25, 0.3) is 0 Å². The molecule has 0 aliphatic rings. The smallest absolute Gasteiger partial charge is 0.308 e. The molecule has 0 aliphatic heterocycles. The highest BCUT2D eigenvalue weighted by Crippen LogP contribution is 2.32. The second-order valence-corrected chi connectivity index (χ2v) is 5.56. The van der Waals surface area contributed by atoms with Gasteiger partial charge in [0.25, 0.3) is 5.56 Å². The van der Waals surface area contributed by atoms with Gasteiger partial charge in [0.2, 0.25) is 5.91 Å². The second kappa shape index (κ2) is 6.96. The van der Waals surface area contributed by atoms with Crippen molar-refractivity contribution in [2.75, 3.05) is 5.32 Å². The maximum absolute atomic E-state index is 12.5. The lowest BCUT2D eigenvalue weighted by Gasteiger charge is -2.10. The fraction of sp³-hybridized carbons (Fsp3) is 0.167. The lowest BCUT2D eigenvalue weighted by atomic mass is 10.3. The standard InChI is InChI=1S/C12H6Cl3F3N4O2/c13-6-1-5(12(16,17)18)2-19-10(6)21-8(23)4-22-11(24)9(15)7(14)3-20-22/h1-3H,4H2,(H,19,21,23). The zero-order valence-corrected chi connectivity index (χ0v) is 13.6. The van der Waals surface area contributed by atoms with Crippen molar-refractivity contribution in [1.82, 2.24) is 14.8 Å². The van der Waals surface area contributed by atoms with Crippen LogP contribution in [0.15, 0.2) is 23.3 Å². The van der Waals surface area contributed by atoms with Gasteiger partial charge >= 0.3 is 6.18 Å². The van der Waals surface area contributed by atoms with Crippen molar-refractivity contribution >= 4 is 46.5 Å². The first-order chi connectivity index (χ1) is 11.1. The fourth-order valence-electron chi connectivity index (χ4n) is 1.55. The van der Waals surface area contributed by atoms with Crippen molar-refractivity contribution in [3.63, 3.8) is 0 Å². The van der Waals surface area contributed by atoms with E-state index in [0.717, 1.165) is 10.9 Å². The molecule has 2 aromatic heterocycles. The van der Waals surface area contributed by atoms with E-state index in [-0.39, 0.29) is 15.9 Å². The molecule has 1 N–H and O–H groups in total.